The van der Waals surface area contributed by atoms with E-state index in [1.54, 1.807) is 0 Å². The maximum atomic E-state index is 12.0. The van der Waals surface area contributed by atoms with Gasteiger partial charge in [-0.25, -0.2) is 4.98 Å². The summed E-state index contributed by atoms with van der Waals surface area (Å²) in [6.07, 6.45) is 4.17. The van der Waals surface area contributed by atoms with Gasteiger partial charge in [-0.3, -0.25) is 4.79 Å². The maximum absolute atomic E-state index is 12.0. The predicted molar refractivity (Wildman–Crippen MR) is 107 cm³/mol. The molecule has 0 saturated heterocycles. The van der Waals surface area contributed by atoms with E-state index in [1.807, 2.05) is 39.0 Å². The van der Waals surface area contributed by atoms with Crippen molar-refractivity contribution in [2.45, 2.75) is 65.3 Å². The first kappa shape index (κ1) is 20.0. The van der Waals surface area contributed by atoms with Crippen molar-refractivity contribution in [3.8, 4) is 5.75 Å². The molecule has 5 heteroatoms. The number of benzene rings is 1. The van der Waals surface area contributed by atoms with Gasteiger partial charge in [0.15, 0.2) is 11.6 Å². The van der Waals surface area contributed by atoms with Crippen LogP contribution in [0.5, 0.6) is 5.75 Å². The van der Waals surface area contributed by atoms with Crippen molar-refractivity contribution in [2.75, 3.05) is 12.3 Å². The molecule has 0 unspecified atom stereocenters. The molecule has 0 aliphatic heterocycles. The van der Waals surface area contributed by atoms with E-state index in [9.17, 15) is 4.79 Å². The summed E-state index contributed by atoms with van der Waals surface area (Å²) in [7, 11) is 0. The number of nitrogens with zero attached hydrogens (tertiary/aromatic N) is 1. The summed E-state index contributed by atoms with van der Waals surface area (Å²) in [4.78, 5) is 16.5. The highest BCUT2D eigenvalue weighted by molar-refractivity contribution is 5.86. The standard InChI is InChI=1S/C21H31N3O2/c1-5-6-13-26-18-14-16-15(9-7-11-17(16)23-20(18)22)10-8-12-19(25)24-21(2,3)4/h7,9,11,14H,5-6,8,10,12-13H2,1-4H3,(H2,22,23)(H,24,25). The van der Waals surface area contributed by atoms with Crippen LogP contribution in [0, 0.1) is 0 Å². The molecule has 142 valence electrons. The van der Waals surface area contributed by atoms with Gasteiger partial charge in [-0.2, -0.15) is 0 Å². The molecule has 1 aromatic carbocycles. The van der Waals surface area contributed by atoms with Crippen molar-refractivity contribution in [1.82, 2.24) is 10.3 Å². The Morgan fingerprint density at radius 2 is 2.04 bits per heavy atom. The van der Waals surface area contributed by atoms with Gasteiger partial charge in [0.1, 0.15) is 0 Å². The number of aryl methyl sites for hydroxylation is 1. The largest absolute Gasteiger partial charge is 0.490 e. The molecule has 5 nitrogen and oxygen atoms in total. The first-order valence-corrected chi connectivity index (χ1v) is 9.42. The number of hydrogen-bond donors (Lipinski definition) is 2. The van der Waals surface area contributed by atoms with Crippen LogP contribution < -0.4 is 15.8 Å². The fraction of sp³-hybridized carbons (Fsp3) is 0.524. The fourth-order valence-electron chi connectivity index (χ4n) is 2.83. The lowest BCUT2D eigenvalue weighted by Crippen LogP contribution is -2.40. The number of fused-ring (bicyclic) bond motifs is 1. The van der Waals surface area contributed by atoms with Crippen LogP contribution in [0.4, 0.5) is 5.82 Å². The number of nitrogens with one attached hydrogen (secondary N) is 1. The van der Waals surface area contributed by atoms with Gasteiger partial charge in [-0.1, -0.05) is 25.5 Å². The molecule has 0 fully saturated rings. The molecule has 2 aromatic rings. The van der Waals surface area contributed by atoms with Crippen LogP contribution in [-0.2, 0) is 11.2 Å². The van der Waals surface area contributed by atoms with Gasteiger partial charge in [0.25, 0.3) is 0 Å². The fourth-order valence-corrected chi connectivity index (χ4v) is 2.83. The second-order valence-electron chi connectivity index (χ2n) is 7.71. The van der Waals surface area contributed by atoms with Crippen LogP contribution >= 0.6 is 0 Å². The lowest BCUT2D eigenvalue weighted by atomic mass is 10.0. The minimum atomic E-state index is -0.192. The minimum Gasteiger partial charge on any atom is -0.490 e. The number of anilines is 1. The zero-order valence-corrected chi connectivity index (χ0v) is 16.4. The van der Waals surface area contributed by atoms with Crippen LogP contribution in [-0.4, -0.2) is 23.0 Å². The third kappa shape index (κ3) is 5.90. The van der Waals surface area contributed by atoms with Gasteiger partial charge in [0.05, 0.1) is 12.1 Å². The number of ether oxygens (including phenoxy) is 1. The van der Waals surface area contributed by atoms with Gasteiger partial charge >= 0.3 is 0 Å². The number of nitrogen functional groups attached to an aromatic ring is 1. The van der Waals surface area contributed by atoms with E-state index in [0.717, 1.165) is 36.6 Å². The Morgan fingerprint density at radius 1 is 1.27 bits per heavy atom. The zero-order chi connectivity index (χ0) is 19.2. The van der Waals surface area contributed by atoms with Crippen molar-refractivity contribution in [3.05, 3.63) is 29.8 Å². The molecular weight excluding hydrogens is 326 g/mol. The van der Waals surface area contributed by atoms with Gasteiger partial charge in [-0.15, -0.1) is 0 Å². The van der Waals surface area contributed by atoms with Crippen LogP contribution in [0.2, 0.25) is 0 Å². The van der Waals surface area contributed by atoms with Gasteiger partial charge in [0.2, 0.25) is 5.91 Å². The molecule has 0 bridgehead atoms. The highest BCUT2D eigenvalue weighted by atomic mass is 16.5. The quantitative estimate of drug-likeness (QED) is 0.693. The summed E-state index contributed by atoms with van der Waals surface area (Å²) in [5.41, 5.74) is 7.87. The molecule has 0 aliphatic carbocycles. The third-order valence-electron chi connectivity index (χ3n) is 4.06. The monoisotopic (exact) mass is 357 g/mol. The van der Waals surface area contributed by atoms with Crippen molar-refractivity contribution in [1.29, 1.82) is 0 Å². The van der Waals surface area contributed by atoms with Gasteiger partial charge < -0.3 is 15.8 Å². The molecule has 3 N–H and O–H groups in total. The number of carbonyl (C=O) groups is 1. The maximum Gasteiger partial charge on any atom is 0.220 e. The Bertz CT molecular complexity index is 751. The number of unbranched alkanes of at least 4 members (excludes halogenated alkanes) is 1. The number of nitrogens with two attached hydrogens (primary N) is 1. The number of hydrogen-bond acceptors (Lipinski definition) is 4. The Hall–Kier alpha value is -2.30. The molecule has 2 rings (SSSR count). The second kappa shape index (κ2) is 8.88. The van der Waals surface area contributed by atoms with E-state index in [-0.39, 0.29) is 11.4 Å². The van der Waals surface area contributed by atoms with Crippen molar-refractivity contribution in [2.24, 2.45) is 0 Å². The SMILES string of the molecule is CCCCOc1cc2c(CCCC(=O)NC(C)(C)C)cccc2nc1N. The summed E-state index contributed by atoms with van der Waals surface area (Å²) >= 11 is 0. The molecule has 1 heterocycles. The Morgan fingerprint density at radius 3 is 2.73 bits per heavy atom. The first-order valence-electron chi connectivity index (χ1n) is 9.42. The van der Waals surface area contributed by atoms with Gasteiger partial charge in [-0.05, 0) is 57.7 Å². The molecule has 0 atom stereocenters. The summed E-state index contributed by atoms with van der Waals surface area (Å²) in [6.45, 7) is 8.74. The number of rotatable bonds is 8. The minimum absolute atomic E-state index is 0.0868. The van der Waals surface area contributed by atoms with Crippen LogP contribution in [0.1, 0.15) is 58.9 Å². The third-order valence-corrected chi connectivity index (χ3v) is 4.06. The average molecular weight is 357 g/mol. The number of carbonyl (C=O) groups excluding carboxylic acids is 1. The highest BCUT2D eigenvalue weighted by Crippen LogP contribution is 2.28. The summed E-state index contributed by atoms with van der Waals surface area (Å²) in [6, 6.07) is 8.00. The summed E-state index contributed by atoms with van der Waals surface area (Å²) in [5, 5.41) is 4.05. The molecule has 0 spiro atoms. The van der Waals surface area contributed by atoms with E-state index in [2.05, 4.69) is 23.3 Å². The van der Waals surface area contributed by atoms with E-state index >= 15 is 0 Å². The average Bonchev–Trinajstić information content (AvgIpc) is 2.54. The summed E-state index contributed by atoms with van der Waals surface area (Å²) < 4.78 is 5.79. The van der Waals surface area contributed by atoms with Crippen LogP contribution in [0.3, 0.4) is 0 Å². The normalized spacial score (nSPS) is 11.5. The molecular formula is C21H31N3O2. The van der Waals surface area contributed by atoms with Crippen molar-refractivity contribution >= 4 is 22.6 Å². The topological polar surface area (TPSA) is 77.2 Å². The predicted octanol–water partition coefficient (Wildman–Crippen LogP) is 4.23. The Labute approximate surface area is 156 Å². The molecule has 26 heavy (non-hydrogen) atoms. The van der Waals surface area contributed by atoms with E-state index < -0.39 is 0 Å². The number of aromatic nitrogens is 1. The zero-order valence-electron chi connectivity index (χ0n) is 16.4. The van der Waals surface area contributed by atoms with E-state index in [1.165, 1.54) is 5.56 Å². The molecule has 1 aromatic heterocycles. The molecule has 0 radical (unpaired) electrons. The molecule has 0 aliphatic rings. The van der Waals surface area contributed by atoms with Gasteiger partial charge in [0, 0.05) is 17.3 Å². The smallest absolute Gasteiger partial charge is 0.220 e. The Kier molecular flexibility index (Phi) is 6.83. The lowest BCUT2D eigenvalue weighted by Gasteiger charge is -2.20. The molecule has 1 amide bonds. The Balaban J connectivity index is 2.09. The van der Waals surface area contributed by atoms with Crippen molar-refractivity contribution < 1.29 is 9.53 Å². The lowest BCUT2D eigenvalue weighted by molar-refractivity contribution is -0.122. The van der Waals surface area contributed by atoms with Crippen molar-refractivity contribution in [3.63, 3.8) is 0 Å². The van der Waals surface area contributed by atoms with Crippen LogP contribution in [0.25, 0.3) is 10.9 Å². The highest BCUT2D eigenvalue weighted by Gasteiger charge is 2.14. The summed E-state index contributed by atoms with van der Waals surface area (Å²) in [5.74, 6) is 1.16. The van der Waals surface area contributed by atoms with E-state index in [0.29, 0.717) is 24.6 Å². The van der Waals surface area contributed by atoms with E-state index in [4.69, 9.17) is 10.5 Å². The second-order valence-corrected chi connectivity index (χ2v) is 7.71. The first-order chi connectivity index (χ1) is 12.3. The number of amides is 1. The number of pyridine rings is 1. The molecule has 0 saturated carbocycles. The van der Waals surface area contributed by atoms with Crippen LogP contribution in [0.15, 0.2) is 24.3 Å².